The predicted molar refractivity (Wildman–Crippen MR) is 81.2 cm³/mol. The minimum Gasteiger partial charge on any atom is -0.227 e. The second-order valence-corrected chi connectivity index (χ2v) is 7.57. The van der Waals surface area contributed by atoms with Crippen LogP contribution in [0, 0.1) is 0 Å². The molecule has 0 spiro atoms. The highest BCUT2D eigenvalue weighted by Crippen LogP contribution is 2.53. The van der Waals surface area contributed by atoms with Gasteiger partial charge in [0.1, 0.15) is 10.6 Å². The zero-order valence-electron chi connectivity index (χ0n) is 11.0. The Morgan fingerprint density at radius 2 is 1.28 bits per heavy atom. The van der Waals surface area contributed by atoms with Gasteiger partial charge in [0, 0.05) is 0 Å². The summed E-state index contributed by atoms with van der Waals surface area (Å²) < 4.78 is 6.26. The van der Waals surface area contributed by atoms with Gasteiger partial charge >= 0.3 is 0 Å². The van der Waals surface area contributed by atoms with Gasteiger partial charge in [-0.1, -0.05) is 43.3 Å². The van der Waals surface area contributed by atoms with Crippen molar-refractivity contribution in [2.24, 2.45) is 0 Å². The maximum absolute atomic E-state index is 6.26. The lowest BCUT2D eigenvalue weighted by Crippen LogP contribution is -2.23. The van der Waals surface area contributed by atoms with E-state index in [4.69, 9.17) is 4.52 Å². The lowest BCUT2D eigenvalue weighted by atomic mass is 10.4. The van der Waals surface area contributed by atoms with E-state index in [-0.39, 0.29) is 0 Å². The Bertz CT molecular complexity index is 427. The van der Waals surface area contributed by atoms with Gasteiger partial charge in [-0.15, -0.1) is 0 Å². The fraction of sp³-hybridized carbons (Fsp3) is 0.250. The van der Waals surface area contributed by atoms with Crippen molar-refractivity contribution in [2.45, 2.75) is 13.3 Å². The minimum absolute atomic E-state index is 0.814. The van der Waals surface area contributed by atoms with Crippen LogP contribution in [-0.4, -0.2) is 13.3 Å². The largest absolute Gasteiger partial charge is 0.227 e. The molecule has 18 heavy (non-hydrogen) atoms. The summed E-state index contributed by atoms with van der Waals surface area (Å²) in [7, 11) is -1.69. The molecule has 0 aliphatic rings. The van der Waals surface area contributed by atoms with Gasteiger partial charge in [-0.05, 0) is 30.7 Å². The van der Waals surface area contributed by atoms with Gasteiger partial charge < -0.3 is 0 Å². The fourth-order valence-corrected chi connectivity index (χ4v) is 4.62. The third-order valence-electron chi connectivity index (χ3n) is 3.05. The first kappa shape index (κ1) is 13.3. The van der Waals surface area contributed by atoms with Crippen molar-refractivity contribution < 1.29 is 4.52 Å². The van der Waals surface area contributed by atoms with Gasteiger partial charge in [-0.25, -0.2) is 4.52 Å². The van der Waals surface area contributed by atoms with Crippen molar-refractivity contribution in [3.63, 3.8) is 0 Å². The topological polar surface area (TPSA) is 9.23 Å². The lowest BCUT2D eigenvalue weighted by Gasteiger charge is -2.21. The summed E-state index contributed by atoms with van der Waals surface area (Å²) in [6.45, 7) is 5.22. The molecule has 0 unspecified atom stereocenters. The zero-order valence-corrected chi connectivity index (χ0v) is 11.9. The molecule has 2 heteroatoms. The maximum atomic E-state index is 6.26. The Kier molecular flexibility index (Phi) is 4.52. The molecule has 0 radical (unpaired) electrons. The third kappa shape index (κ3) is 2.80. The Morgan fingerprint density at radius 3 is 1.67 bits per heavy atom. The molecule has 0 fully saturated rings. The maximum Gasteiger partial charge on any atom is 0.207 e. The summed E-state index contributed by atoms with van der Waals surface area (Å²) in [4.78, 5) is 0. The van der Waals surface area contributed by atoms with Gasteiger partial charge in [0.2, 0.25) is 7.49 Å². The summed E-state index contributed by atoms with van der Waals surface area (Å²) in [6.07, 6.45) is 1.05. The van der Waals surface area contributed by atoms with Crippen LogP contribution in [0.3, 0.4) is 0 Å². The molecule has 0 N–H and O–H groups in total. The van der Waals surface area contributed by atoms with Crippen LogP contribution in [0.25, 0.3) is 0 Å². The monoisotopic (exact) mass is 259 g/mol. The summed E-state index contributed by atoms with van der Waals surface area (Å²) in [5.41, 5.74) is 0. The van der Waals surface area contributed by atoms with E-state index in [1.165, 1.54) is 10.6 Å². The Labute approximate surface area is 110 Å². The first-order chi connectivity index (χ1) is 8.77. The first-order valence-corrected chi connectivity index (χ1v) is 8.55. The third-order valence-corrected chi connectivity index (χ3v) is 6.32. The van der Waals surface area contributed by atoms with Gasteiger partial charge in [0.25, 0.3) is 0 Å². The average molecular weight is 259 g/mol. The van der Waals surface area contributed by atoms with Crippen molar-refractivity contribution in [3.05, 3.63) is 60.7 Å². The molecule has 2 aromatic carbocycles. The number of hydrogen-bond donors (Lipinski definition) is 0. The Balaban J connectivity index is 2.41. The highest BCUT2D eigenvalue weighted by Gasteiger charge is 2.39. The van der Waals surface area contributed by atoms with Crippen molar-refractivity contribution >= 4 is 18.1 Å². The van der Waals surface area contributed by atoms with Gasteiger partial charge in [0.05, 0.1) is 13.3 Å². The molecule has 2 rings (SSSR count). The van der Waals surface area contributed by atoms with Crippen LogP contribution in [0.4, 0.5) is 0 Å². The minimum atomic E-state index is -1.69. The number of rotatable bonds is 5. The van der Waals surface area contributed by atoms with E-state index >= 15 is 0 Å². The molecule has 1 nitrogen and oxygen atoms in total. The molecule has 0 atom stereocenters. The van der Waals surface area contributed by atoms with E-state index in [9.17, 15) is 0 Å². The summed E-state index contributed by atoms with van der Waals surface area (Å²) in [5, 5.41) is 2.62. The molecule has 0 saturated carbocycles. The highest BCUT2D eigenvalue weighted by atomic mass is 31.2. The molecule has 0 saturated heterocycles. The normalized spacial score (nSPS) is 11.4. The van der Waals surface area contributed by atoms with Crippen LogP contribution in [-0.2, 0) is 4.52 Å². The van der Waals surface area contributed by atoms with E-state index < -0.39 is 7.49 Å². The molecule has 0 amide bonds. The number of hydrogen-bond acceptors (Lipinski definition) is 1. The van der Waals surface area contributed by atoms with Crippen molar-refractivity contribution in [3.8, 4) is 0 Å². The van der Waals surface area contributed by atoms with Crippen molar-refractivity contribution in [1.29, 1.82) is 0 Å². The molecule has 0 aromatic heterocycles. The van der Waals surface area contributed by atoms with E-state index in [0.717, 1.165) is 13.0 Å². The summed E-state index contributed by atoms with van der Waals surface area (Å²) in [5.74, 6) is 0. The van der Waals surface area contributed by atoms with Crippen molar-refractivity contribution in [2.75, 3.05) is 13.3 Å². The van der Waals surface area contributed by atoms with Gasteiger partial charge in [-0.3, -0.25) is 0 Å². The first-order valence-electron chi connectivity index (χ1n) is 6.39. The lowest BCUT2D eigenvalue weighted by molar-refractivity contribution is 0.352. The molecule has 0 aliphatic heterocycles. The van der Waals surface area contributed by atoms with E-state index in [2.05, 4.69) is 74.3 Å². The smallest absolute Gasteiger partial charge is 0.207 e. The fourth-order valence-electron chi connectivity index (χ4n) is 2.00. The van der Waals surface area contributed by atoms with E-state index in [1.807, 2.05) is 0 Å². The van der Waals surface area contributed by atoms with Crippen LogP contribution in [0.15, 0.2) is 60.7 Å². The van der Waals surface area contributed by atoms with Crippen LogP contribution < -0.4 is 10.6 Å². The van der Waals surface area contributed by atoms with Gasteiger partial charge in [-0.2, -0.15) is 0 Å². The average Bonchev–Trinajstić information content (AvgIpc) is 2.46. The van der Waals surface area contributed by atoms with Crippen LogP contribution >= 0.6 is 7.49 Å². The predicted octanol–water partition coefficient (Wildman–Crippen LogP) is 3.63. The summed E-state index contributed by atoms with van der Waals surface area (Å²) in [6, 6.07) is 21.2. The molecular weight excluding hydrogens is 239 g/mol. The molecule has 0 aliphatic carbocycles. The molecule has 0 bridgehead atoms. The van der Waals surface area contributed by atoms with Crippen molar-refractivity contribution in [1.82, 2.24) is 0 Å². The van der Waals surface area contributed by atoms with Crippen LogP contribution in [0.2, 0.25) is 0 Å². The highest BCUT2D eigenvalue weighted by molar-refractivity contribution is 7.84. The second-order valence-electron chi connectivity index (χ2n) is 4.43. The Morgan fingerprint density at radius 1 is 0.833 bits per heavy atom. The second kappa shape index (κ2) is 6.13. The summed E-state index contributed by atoms with van der Waals surface area (Å²) >= 11 is 0. The van der Waals surface area contributed by atoms with Crippen LogP contribution in [0.1, 0.15) is 13.3 Å². The quantitative estimate of drug-likeness (QED) is 0.745. The standard InChI is InChI=1S/C16H20OP/c1-3-14-17-18(2,15-10-6-4-7-11-15)16-12-8-5-9-13-16/h4-13H,3,14H2,1-2H3/q+1. The van der Waals surface area contributed by atoms with E-state index in [1.54, 1.807) is 0 Å². The number of benzene rings is 2. The zero-order chi connectivity index (χ0) is 12.8. The molecular formula is C16H20OP+. The Hall–Kier alpha value is -1.17. The van der Waals surface area contributed by atoms with Gasteiger partial charge in [0.15, 0.2) is 0 Å². The molecule has 94 valence electrons. The van der Waals surface area contributed by atoms with Crippen LogP contribution in [0.5, 0.6) is 0 Å². The molecule has 2 aromatic rings. The SMILES string of the molecule is CCCO[P+](C)(c1ccccc1)c1ccccc1. The van der Waals surface area contributed by atoms with E-state index in [0.29, 0.717) is 0 Å². The molecule has 0 heterocycles.